The molecule has 6 heterocycles. The number of amides is 6. The zero-order valence-corrected chi connectivity index (χ0v) is 39.8. The molecule has 5 aromatic rings. The van der Waals surface area contributed by atoms with Crippen LogP contribution in [0.15, 0.2) is 77.7 Å². The van der Waals surface area contributed by atoms with Crippen LogP contribution in [0.25, 0.3) is 17.1 Å². The van der Waals surface area contributed by atoms with Crippen LogP contribution < -0.4 is 26.6 Å². The lowest BCUT2D eigenvalue weighted by molar-refractivity contribution is -0.136. The number of halogens is 2. The van der Waals surface area contributed by atoms with Crippen molar-refractivity contribution in [3.05, 3.63) is 101 Å². The maximum Gasteiger partial charge on any atom is 0.284 e. The van der Waals surface area contributed by atoms with Gasteiger partial charge in [0.05, 0.1) is 68.3 Å². The van der Waals surface area contributed by atoms with E-state index < -0.39 is 47.7 Å². The molecule has 9 rings (SSSR count). The van der Waals surface area contributed by atoms with E-state index in [9.17, 15) is 37.5 Å². The molecule has 384 valence electrons. The second kappa shape index (κ2) is 23.4. The Morgan fingerprint density at radius 3 is 2.32 bits per heavy atom. The number of alkyl halides is 2. The smallest absolute Gasteiger partial charge is 0.284 e. The largest absolute Gasteiger partial charge is 0.444 e. The van der Waals surface area contributed by atoms with Crippen LogP contribution in [0.4, 0.5) is 26.0 Å². The third-order valence-corrected chi connectivity index (χ3v) is 12.8. The number of hydrogen-bond donors (Lipinski definition) is 5. The number of benzene rings is 2. The summed E-state index contributed by atoms with van der Waals surface area (Å²) in [7, 11) is 0. The Bertz CT molecular complexity index is 2810. The lowest BCUT2D eigenvalue weighted by atomic mass is 10.0. The summed E-state index contributed by atoms with van der Waals surface area (Å²) in [5.41, 5.74) is 1.56. The molecule has 1 saturated carbocycles. The van der Waals surface area contributed by atoms with E-state index in [-0.39, 0.29) is 66.3 Å². The summed E-state index contributed by atoms with van der Waals surface area (Å²) in [4.78, 5) is 87.9. The quantitative estimate of drug-likeness (QED) is 0.0415. The van der Waals surface area contributed by atoms with E-state index in [1.165, 1.54) is 35.9 Å². The molecule has 2 saturated heterocycles. The molecule has 2 aromatic carbocycles. The highest BCUT2D eigenvalue weighted by molar-refractivity contribution is 6.23. The van der Waals surface area contributed by atoms with Crippen LogP contribution in [0, 0.1) is 5.92 Å². The Labute approximate surface area is 417 Å². The van der Waals surface area contributed by atoms with E-state index in [4.69, 9.17) is 18.6 Å². The lowest BCUT2D eigenvalue weighted by Gasteiger charge is -2.32. The van der Waals surface area contributed by atoms with Gasteiger partial charge in [-0.15, -0.1) is 0 Å². The first-order valence-electron chi connectivity index (χ1n) is 24.3. The fourth-order valence-corrected chi connectivity index (χ4v) is 8.64. The Morgan fingerprint density at radius 2 is 1.58 bits per heavy atom. The van der Waals surface area contributed by atoms with Crippen LogP contribution in [0.3, 0.4) is 0 Å². The monoisotopic (exact) mass is 1010 g/mol. The molecule has 6 amide bonds. The van der Waals surface area contributed by atoms with Crippen molar-refractivity contribution in [2.24, 2.45) is 5.92 Å². The minimum Gasteiger partial charge on any atom is -0.444 e. The molecule has 3 fully saturated rings. The minimum atomic E-state index is -3.00. The number of hydrogen-bond acceptors (Lipinski definition) is 16. The average Bonchev–Trinajstić information content (AvgIpc) is 3.80. The molecule has 4 aliphatic rings. The first-order valence-corrected chi connectivity index (χ1v) is 24.3. The maximum atomic E-state index is 14.1. The molecule has 3 aliphatic heterocycles. The second-order valence-electron chi connectivity index (χ2n) is 18.0. The molecule has 73 heavy (non-hydrogen) atoms. The minimum absolute atomic E-state index is 0.0666. The Morgan fingerprint density at radius 1 is 0.836 bits per heavy atom. The van der Waals surface area contributed by atoms with E-state index in [0.717, 1.165) is 55.9 Å². The number of nitrogens with one attached hydrogen (secondary N) is 5. The van der Waals surface area contributed by atoms with Crippen molar-refractivity contribution in [2.45, 2.75) is 57.0 Å². The Kier molecular flexibility index (Phi) is 16.2. The molecule has 1 unspecified atom stereocenters. The summed E-state index contributed by atoms with van der Waals surface area (Å²) in [5.74, 6) is -1.76. The van der Waals surface area contributed by atoms with Gasteiger partial charge in [0, 0.05) is 68.2 Å². The molecular weight excluding hydrogens is 953 g/mol. The number of imide groups is 2. The number of ether oxygens (including phenoxy) is 3. The SMILES string of the molecule is O=C1CCC(N2C(=O)c3ccc(NC4CCN(CCOCCOCCOCCNC(=O)c5ccc(-n6cc(NC(=O)c7coc(-c8ccnc(NCC9CC9)c8)n7)c(C(F)F)n6)cc5)CC4)cc3C2=O)C(=O)N1. The fourth-order valence-electron chi connectivity index (χ4n) is 8.64. The number of likely N-dealkylation sites (tertiary alicyclic amines) is 1. The summed E-state index contributed by atoms with van der Waals surface area (Å²) < 4.78 is 51.8. The normalized spacial score (nSPS) is 17.2. The van der Waals surface area contributed by atoms with E-state index >= 15 is 0 Å². The van der Waals surface area contributed by atoms with E-state index in [2.05, 4.69) is 46.6 Å². The molecule has 1 atom stereocenters. The highest BCUT2D eigenvalue weighted by Crippen LogP contribution is 2.32. The van der Waals surface area contributed by atoms with Gasteiger partial charge in [-0.1, -0.05) is 0 Å². The number of pyridine rings is 1. The predicted molar refractivity (Wildman–Crippen MR) is 258 cm³/mol. The zero-order chi connectivity index (χ0) is 50.8. The van der Waals surface area contributed by atoms with Gasteiger partial charge in [-0.25, -0.2) is 23.4 Å². The van der Waals surface area contributed by atoms with Gasteiger partial charge in [-0.05, 0) is 92.6 Å². The molecule has 23 heteroatoms. The summed E-state index contributed by atoms with van der Waals surface area (Å²) in [5, 5.41) is 18.2. The third kappa shape index (κ3) is 12.8. The van der Waals surface area contributed by atoms with Gasteiger partial charge < -0.3 is 44.8 Å². The predicted octanol–water partition coefficient (Wildman–Crippen LogP) is 4.69. The third-order valence-electron chi connectivity index (χ3n) is 12.8. The number of fused-ring (bicyclic) bond motifs is 1. The van der Waals surface area contributed by atoms with Gasteiger partial charge in [0.25, 0.3) is 30.1 Å². The number of oxazole rings is 1. The van der Waals surface area contributed by atoms with E-state index in [1.807, 2.05) is 0 Å². The van der Waals surface area contributed by atoms with E-state index in [1.54, 1.807) is 48.7 Å². The van der Waals surface area contributed by atoms with Crippen LogP contribution in [0.2, 0.25) is 0 Å². The summed E-state index contributed by atoms with van der Waals surface area (Å²) in [6, 6.07) is 13.8. The summed E-state index contributed by atoms with van der Waals surface area (Å²) in [6.45, 7) is 5.86. The zero-order valence-electron chi connectivity index (χ0n) is 39.8. The molecule has 0 radical (unpaired) electrons. The number of aromatic nitrogens is 4. The number of nitrogens with zero attached hydrogens (tertiary/aromatic N) is 6. The van der Waals surface area contributed by atoms with Crippen LogP contribution in [0.1, 0.15) is 92.2 Å². The van der Waals surface area contributed by atoms with Gasteiger partial charge in [0.2, 0.25) is 17.7 Å². The highest BCUT2D eigenvalue weighted by Gasteiger charge is 2.44. The van der Waals surface area contributed by atoms with Crippen LogP contribution >= 0.6 is 0 Å². The number of carbonyl (C=O) groups excluding carboxylic acids is 6. The summed E-state index contributed by atoms with van der Waals surface area (Å²) in [6.07, 6.45) is 5.32. The highest BCUT2D eigenvalue weighted by atomic mass is 19.3. The van der Waals surface area contributed by atoms with Gasteiger partial charge in [-0.2, -0.15) is 5.10 Å². The second-order valence-corrected chi connectivity index (χ2v) is 18.0. The summed E-state index contributed by atoms with van der Waals surface area (Å²) >= 11 is 0. The molecule has 5 N–H and O–H groups in total. The van der Waals surface area contributed by atoms with Crippen molar-refractivity contribution in [1.82, 2.24) is 40.2 Å². The van der Waals surface area contributed by atoms with Crippen LogP contribution in [0.5, 0.6) is 0 Å². The van der Waals surface area contributed by atoms with Crippen molar-refractivity contribution in [1.29, 1.82) is 0 Å². The topological polar surface area (TPSA) is 253 Å². The van der Waals surface area contributed by atoms with Crippen molar-refractivity contribution in [3.63, 3.8) is 0 Å². The number of rotatable bonds is 24. The van der Waals surface area contributed by atoms with Gasteiger partial charge in [0.1, 0.15) is 18.1 Å². The van der Waals surface area contributed by atoms with Gasteiger partial charge >= 0.3 is 0 Å². The Hall–Kier alpha value is -7.47. The Balaban J connectivity index is 0.611. The number of carbonyl (C=O) groups is 6. The van der Waals surface area contributed by atoms with E-state index in [0.29, 0.717) is 61.6 Å². The first kappa shape index (κ1) is 50.5. The average molecular weight is 1010 g/mol. The maximum absolute atomic E-state index is 14.1. The molecule has 1 aliphatic carbocycles. The number of piperidine rings is 2. The van der Waals surface area contributed by atoms with Crippen LogP contribution in [-0.2, 0) is 23.8 Å². The standard InChI is InChI=1S/C50H55F2N11O10/c51-44(52)43-38(57-46(66)39-29-73-48(58-39)32-11-14-53-41(25-32)55-27-30-1-2-30)28-62(60-43)35-6-3-31(4-7-35)45(65)54-15-19-70-21-23-72-24-22-71-20-18-61-16-12-33(13-17-61)56-34-5-8-36-37(26-34)50(69)63(49(36)68)40-9-10-42(64)59-47(40)67/h3-8,11,14,25-26,28-30,33,40,44,56H,1-2,9-10,12-13,15-24,27H2,(H,53,55)(H,54,65)(H,57,66)(H,59,64,67). The molecule has 3 aromatic heterocycles. The molecule has 0 spiro atoms. The van der Waals surface area contributed by atoms with Crippen molar-refractivity contribution in [3.8, 4) is 17.1 Å². The lowest BCUT2D eigenvalue weighted by Crippen LogP contribution is -2.54. The first-order chi connectivity index (χ1) is 35.5. The fraction of sp³-hybridized carbons (Fsp3) is 0.420. The number of anilines is 3. The molecular formula is C50H55F2N11O10. The van der Waals surface area contributed by atoms with Crippen molar-refractivity contribution in [2.75, 3.05) is 88.3 Å². The van der Waals surface area contributed by atoms with Crippen LogP contribution in [-0.4, -0.2) is 149 Å². The van der Waals surface area contributed by atoms with Gasteiger partial charge in [0.15, 0.2) is 11.4 Å². The molecule has 0 bridgehead atoms. The van der Waals surface area contributed by atoms with Crippen molar-refractivity contribution >= 4 is 52.6 Å². The molecule has 21 nitrogen and oxygen atoms in total. The van der Waals surface area contributed by atoms with Gasteiger partial charge in [-0.3, -0.25) is 39.0 Å². The van der Waals surface area contributed by atoms with Crippen molar-refractivity contribution < 1.29 is 56.2 Å².